The van der Waals surface area contributed by atoms with Crippen LogP contribution in [0.3, 0.4) is 0 Å². The molecular formula is C14H22O. The van der Waals surface area contributed by atoms with Crippen LogP contribution >= 0.6 is 0 Å². The molecule has 1 N–H and O–H groups in total. The summed E-state index contributed by atoms with van der Waals surface area (Å²) >= 11 is 0. The van der Waals surface area contributed by atoms with Crippen molar-refractivity contribution >= 4 is 0 Å². The van der Waals surface area contributed by atoms with Crippen molar-refractivity contribution in [1.82, 2.24) is 0 Å². The van der Waals surface area contributed by atoms with Gasteiger partial charge in [-0.1, -0.05) is 38.0 Å². The molecule has 0 spiro atoms. The minimum Gasteiger partial charge on any atom is -0.507 e. The van der Waals surface area contributed by atoms with E-state index >= 15 is 0 Å². The standard InChI is InChI=1S/C14H22O/c1-10(2)6-5-7-13-9-11(3)8-12(4)14(13)15/h8-10,15H,5-7H2,1-4H3. The van der Waals surface area contributed by atoms with E-state index in [1.54, 1.807) is 0 Å². The summed E-state index contributed by atoms with van der Waals surface area (Å²) in [6.45, 7) is 8.52. The van der Waals surface area contributed by atoms with Gasteiger partial charge in [0, 0.05) is 0 Å². The fraction of sp³-hybridized carbons (Fsp3) is 0.571. The zero-order chi connectivity index (χ0) is 11.4. The van der Waals surface area contributed by atoms with Gasteiger partial charge < -0.3 is 5.11 Å². The second kappa shape index (κ2) is 5.20. The van der Waals surface area contributed by atoms with Crippen molar-refractivity contribution in [2.45, 2.75) is 47.0 Å². The average molecular weight is 206 g/mol. The SMILES string of the molecule is Cc1cc(C)c(O)c(CCCC(C)C)c1. The highest BCUT2D eigenvalue weighted by molar-refractivity contribution is 5.42. The molecule has 0 amide bonds. The van der Waals surface area contributed by atoms with Crippen LogP contribution < -0.4 is 0 Å². The van der Waals surface area contributed by atoms with Crippen LogP contribution in [0, 0.1) is 19.8 Å². The Bertz CT molecular complexity index is 326. The Labute approximate surface area is 93.1 Å². The van der Waals surface area contributed by atoms with Gasteiger partial charge in [-0.15, -0.1) is 0 Å². The van der Waals surface area contributed by atoms with E-state index < -0.39 is 0 Å². The molecular weight excluding hydrogens is 184 g/mol. The van der Waals surface area contributed by atoms with Crippen molar-refractivity contribution in [3.63, 3.8) is 0 Å². The third-order valence-corrected chi connectivity index (χ3v) is 2.75. The molecule has 0 aromatic heterocycles. The molecule has 0 heterocycles. The average Bonchev–Trinajstić information content (AvgIpc) is 2.12. The van der Waals surface area contributed by atoms with Gasteiger partial charge in [0.2, 0.25) is 0 Å². The van der Waals surface area contributed by atoms with E-state index in [1.165, 1.54) is 12.0 Å². The summed E-state index contributed by atoms with van der Waals surface area (Å²) in [5.74, 6) is 1.24. The predicted molar refractivity (Wildman–Crippen MR) is 65.4 cm³/mol. The van der Waals surface area contributed by atoms with Crippen molar-refractivity contribution in [3.05, 3.63) is 28.8 Å². The van der Waals surface area contributed by atoms with E-state index in [0.717, 1.165) is 29.9 Å². The number of phenolic OH excluding ortho intramolecular Hbond substituents is 1. The monoisotopic (exact) mass is 206 g/mol. The number of hydrogen-bond acceptors (Lipinski definition) is 1. The molecule has 0 bridgehead atoms. The Hall–Kier alpha value is -0.980. The summed E-state index contributed by atoms with van der Waals surface area (Å²) in [5.41, 5.74) is 3.34. The van der Waals surface area contributed by atoms with Crippen molar-refractivity contribution in [2.24, 2.45) is 5.92 Å². The van der Waals surface area contributed by atoms with Gasteiger partial charge in [0.1, 0.15) is 5.75 Å². The van der Waals surface area contributed by atoms with Crippen molar-refractivity contribution in [1.29, 1.82) is 0 Å². The Morgan fingerprint density at radius 2 is 1.87 bits per heavy atom. The molecule has 0 unspecified atom stereocenters. The molecule has 0 radical (unpaired) electrons. The predicted octanol–water partition coefficient (Wildman–Crippen LogP) is 3.99. The van der Waals surface area contributed by atoms with Gasteiger partial charge in [0.05, 0.1) is 0 Å². The third kappa shape index (κ3) is 3.58. The summed E-state index contributed by atoms with van der Waals surface area (Å²) in [7, 11) is 0. The smallest absolute Gasteiger partial charge is 0.121 e. The molecule has 0 fully saturated rings. The molecule has 0 aliphatic rings. The molecule has 1 heteroatoms. The Balaban J connectivity index is 2.68. The highest BCUT2D eigenvalue weighted by atomic mass is 16.3. The normalized spacial score (nSPS) is 11.0. The Kier molecular flexibility index (Phi) is 4.19. The molecule has 1 aromatic carbocycles. The molecule has 0 aliphatic heterocycles. The summed E-state index contributed by atoms with van der Waals surface area (Å²) in [5, 5.41) is 9.89. The minimum atomic E-state index is 0.490. The third-order valence-electron chi connectivity index (χ3n) is 2.75. The summed E-state index contributed by atoms with van der Waals surface area (Å²) in [6, 6.07) is 4.13. The van der Waals surface area contributed by atoms with Gasteiger partial charge in [-0.05, 0) is 43.7 Å². The van der Waals surface area contributed by atoms with Gasteiger partial charge in [0.15, 0.2) is 0 Å². The highest BCUT2D eigenvalue weighted by Gasteiger charge is 2.05. The van der Waals surface area contributed by atoms with Crippen LogP contribution in [0.2, 0.25) is 0 Å². The maximum absolute atomic E-state index is 9.89. The lowest BCUT2D eigenvalue weighted by Gasteiger charge is -2.09. The van der Waals surface area contributed by atoms with Crippen molar-refractivity contribution in [2.75, 3.05) is 0 Å². The fourth-order valence-electron chi connectivity index (χ4n) is 1.94. The molecule has 1 nitrogen and oxygen atoms in total. The van der Waals surface area contributed by atoms with E-state index in [2.05, 4.69) is 26.8 Å². The molecule has 0 atom stereocenters. The van der Waals surface area contributed by atoms with Crippen LogP contribution in [0.25, 0.3) is 0 Å². The minimum absolute atomic E-state index is 0.490. The molecule has 0 aliphatic carbocycles. The van der Waals surface area contributed by atoms with Crippen molar-refractivity contribution in [3.8, 4) is 5.75 Å². The van der Waals surface area contributed by atoms with E-state index in [0.29, 0.717) is 5.75 Å². The van der Waals surface area contributed by atoms with Gasteiger partial charge >= 0.3 is 0 Å². The number of phenols is 1. The van der Waals surface area contributed by atoms with E-state index in [1.807, 2.05) is 13.0 Å². The van der Waals surface area contributed by atoms with Crippen LogP contribution in [0.4, 0.5) is 0 Å². The quantitative estimate of drug-likeness (QED) is 0.789. The molecule has 84 valence electrons. The zero-order valence-electron chi connectivity index (χ0n) is 10.3. The van der Waals surface area contributed by atoms with E-state index in [4.69, 9.17) is 0 Å². The highest BCUT2D eigenvalue weighted by Crippen LogP contribution is 2.25. The first-order valence-corrected chi connectivity index (χ1v) is 5.79. The van der Waals surface area contributed by atoms with Crippen LogP contribution in [0.5, 0.6) is 5.75 Å². The number of aryl methyl sites for hydroxylation is 3. The maximum atomic E-state index is 9.89. The van der Waals surface area contributed by atoms with Gasteiger partial charge in [-0.3, -0.25) is 0 Å². The summed E-state index contributed by atoms with van der Waals surface area (Å²) in [4.78, 5) is 0. The summed E-state index contributed by atoms with van der Waals surface area (Å²) < 4.78 is 0. The first-order chi connectivity index (χ1) is 7.00. The maximum Gasteiger partial charge on any atom is 0.121 e. The topological polar surface area (TPSA) is 20.2 Å². The lowest BCUT2D eigenvalue weighted by Crippen LogP contribution is -1.93. The second-order valence-corrected chi connectivity index (χ2v) is 4.88. The van der Waals surface area contributed by atoms with Crippen LogP contribution in [-0.2, 0) is 6.42 Å². The molecule has 1 rings (SSSR count). The fourth-order valence-corrected chi connectivity index (χ4v) is 1.94. The van der Waals surface area contributed by atoms with E-state index in [-0.39, 0.29) is 0 Å². The zero-order valence-corrected chi connectivity index (χ0v) is 10.3. The van der Waals surface area contributed by atoms with Crippen LogP contribution in [-0.4, -0.2) is 5.11 Å². The van der Waals surface area contributed by atoms with Gasteiger partial charge in [-0.25, -0.2) is 0 Å². The van der Waals surface area contributed by atoms with Gasteiger partial charge in [0.25, 0.3) is 0 Å². The molecule has 0 saturated carbocycles. The molecule has 1 aromatic rings. The molecule has 0 saturated heterocycles. The number of aromatic hydroxyl groups is 1. The van der Waals surface area contributed by atoms with Crippen molar-refractivity contribution < 1.29 is 5.11 Å². The van der Waals surface area contributed by atoms with Crippen LogP contribution in [0.15, 0.2) is 12.1 Å². The number of hydrogen-bond donors (Lipinski definition) is 1. The first-order valence-electron chi connectivity index (χ1n) is 5.79. The summed E-state index contributed by atoms with van der Waals surface area (Å²) in [6.07, 6.45) is 3.38. The number of benzene rings is 1. The lowest BCUT2D eigenvalue weighted by atomic mass is 9.98. The van der Waals surface area contributed by atoms with E-state index in [9.17, 15) is 5.11 Å². The van der Waals surface area contributed by atoms with Crippen LogP contribution in [0.1, 0.15) is 43.4 Å². The first kappa shape index (κ1) is 12.1. The largest absolute Gasteiger partial charge is 0.507 e. The van der Waals surface area contributed by atoms with Gasteiger partial charge in [-0.2, -0.15) is 0 Å². The Morgan fingerprint density at radius 1 is 1.20 bits per heavy atom. The second-order valence-electron chi connectivity index (χ2n) is 4.88. The molecule has 15 heavy (non-hydrogen) atoms. The number of rotatable bonds is 4. The Morgan fingerprint density at radius 3 is 2.47 bits per heavy atom. The lowest BCUT2D eigenvalue weighted by molar-refractivity contribution is 0.459.